The van der Waals surface area contributed by atoms with Gasteiger partial charge in [-0.3, -0.25) is 4.99 Å². The average molecular weight is 336 g/mol. The highest BCUT2D eigenvalue weighted by Gasteiger charge is 2.64. The first-order valence-electron chi connectivity index (χ1n) is 7.81. The summed E-state index contributed by atoms with van der Waals surface area (Å²) < 4.78 is 30.8. The number of hydrogen-bond acceptors (Lipinski definition) is 5. The van der Waals surface area contributed by atoms with Crippen LogP contribution >= 0.6 is 0 Å². The summed E-state index contributed by atoms with van der Waals surface area (Å²) in [4.78, 5) is 4.90. The van der Waals surface area contributed by atoms with Crippen LogP contribution in [0.25, 0.3) is 0 Å². The molecule has 0 radical (unpaired) electrons. The number of nitrogen functional groups attached to an aromatic ring is 1. The van der Waals surface area contributed by atoms with Gasteiger partial charge in [0.05, 0.1) is 6.61 Å². The molecule has 2 aliphatic rings. The second-order valence-electron chi connectivity index (χ2n) is 7.37. The summed E-state index contributed by atoms with van der Waals surface area (Å²) >= 11 is 0. The van der Waals surface area contributed by atoms with E-state index in [0.717, 1.165) is 5.56 Å². The number of fused-ring (bicyclic) bond motifs is 3. The Morgan fingerprint density at radius 1 is 1.22 bits per heavy atom. The molecule has 0 saturated carbocycles. The van der Waals surface area contributed by atoms with Gasteiger partial charge in [-0.2, -0.15) is 0 Å². The molecule has 3 rings (SSSR count). The lowest BCUT2D eigenvalue weighted by Crippen LogP contribution is -2.63. The summed E-state index contributed by atoms with van der Waals surface area (Å²) in [5.74, 6) is 0.664. The van der Waals surface area contributed by atoms with Crippen molar-refractivity contribution >= 4 is 21.2 Å². The quantitative estimate of drug-likeness (QED) is 0.739. The van der Waals surface area contributed by atoms with Crippen molar-refractivity contribution in [3.8, 4) is 5.75 Å². The van der Waals surface area contributed by atoms with Gasteiger partial charge in [-0.1, -0.05) is 0 Å². The summed E-state index contributed by atoms with van der Waals surface area (Å²) in [6, 6.07) is 5.37. The van der Waals surface area contributed by atoms with Crippen molar-refractivity contribution in [2.24, 2.45) is 4.99 Å². The van der Waals surface area contributed by atoms with E-state index in [1.807, 2.05) is 6.92 Å². The molecule has 2 aliphatic heterocycles. The van der Waals surface area contributed by atoms with E-state index in [-0.39, 0.29) is 0 Å². The molecule has 0 bridgehead atoms. The average Bonchev–Trinajstić information content (AvgIpc) is 2.56. The Morgan fingerprint density at radius 3 is 2.52 bits per heavy atom. The standard InChI is InChI=1S/C17H24N2O3S/c1-11-15(2,3)23(20,21)16(4)8-9-22-14-7-6-12(18)10-13(14)17(16,5)19-11/h6-7,10H,8-9,18H2,1-5H3/t16?,17-/m1/s1. The molecule has 23 heavy (non-hydrogen) atoms. The third-order valence-electron chi connectivity index (χ3n) is 5.92. The molecule has 0 aromatic heterocycles. The van der Waals surface area contributed by atoms with Gasteiger partial charge < -0.3 is 10.5 Å². The van der Waals surface area contributed by atoms with Crippen molar-refractivity contribution in [3.05, 3.63) is 23.8 Å². The van der Waals surface area contributed by atoms with E-state index in [0.29, 0.717) is 30.2 Å². The maximum atomic E-state index is 13.5. The minimum absolute atomic E-state index is 0.340. The van der Waals surface area contributed by atoms with Gasteiger partial charge in [-0.05, 0) is 52.8 Å². The number of nitrogens with zero attached hydrogens (tertiary/aromatic N) is 1. The van der Waals surface area contributed by atoms with Crippen molar-refractivity contribution in [2.45, 2.75) is 56.1 Å². The van der Waals surface area contributed by atoms with Crippen molar-refractivity contribution in [3.63, 3.8) is 0 Å². The lowest BCUT2D eigenvalue weighted by Gasteiger charge is -2.50. The molecule has 1 unspecified atom stereocenters. The van der Waals surface area contributed by atoms with Crippen molar-refractivity contribution < 1.29 is 13.2 Å². The van der Waals surface area contributed by atoms with Crippen LogP contribution < -0.4 is 10.5 Å². The topological polar surface area (TPSA) is 81.8 Å². The molecule has 6 heteroatoms. The Morgan fingerprint density at radius 2 is 1.87 bits per heavy atom. The minimum Gasteiger partial charge on any atom is -0.493 e. The summed E-state index contributed by atoms with van der Waals surface area (Å²) in [5, 5.41) is 0. The van der Waals surface area contributed by atoms with E-state index in [9.17, 15) is 8.42 Å². The number of ether oxygens (including phenoxy) is 1. The van der Waals surface area contributed by atoms with Crippen LogP contribution in [0.4, 0.5) is 5.69 Å². The number of aliphatic imine (C=N–C) groups is 1. The Kier molecular flexibility index (Phi) is 3.19. The third kappa shape index (κ3) is 1.78. The number of anilines is 1. The molecular weight excluding hydrogens is 312 g/mol. The summed E-state index contributed by atoms with van der Waals surface area (Å²) in [6.07, 6.45) is 0.390. The van der Waals surface area contributed by atoms with Crippen molar-refractivity contribution in [2.75, 3.05) is 12.3 Å². The molecule has 0 fully saturated rings. The number of benzene rings is 1. The molecule has 1 aromatic carbocycles. The molecule has 2 heterocycles. The van der Waals surface area contributed by atoms with Crippen LogP contribution in [0.1, 0.15) is 46.6 Å². The molecule has 1 aromatic rings. The summed E-state index contributed by atoms with van der Waals surface area (Å²) in [6.45, 7) is 9.28. The van der Waals surface area contributed by atoms with Gasteiger partial charge in [0.15, 0.2) is 9.84 Å². The van der Waals surface area contributed by atoms with Crippen LogP contribution in [-0.4, -0.2) is 30.2 Å². The second kappa shape index (κ2) is 4.50. The van der Waals surface area contributed by atoms with Gasteiger partial charge >= 0.3 is 0 Å². The fourth-order valence-corrected chi connectivity index (χ4v) is 6.33. The van der Waals surface area contributed by atoms with Gasteiger partial charge in [-0.15, -0.1) is 0 Å². The van der Waals surface area contributed by atoms with Gasteiger partial charge in [0, 0.05) is 23.4 Å². The molecule has 0 amide bonds. The SMILES string of the molecule is CC1=N[C@]2(C)c3cc(N)ccc3OCCC2(C)S(=O)(=O)C1(C)C. The third-order valence-corrected chi connectivity index (χ3v) is 9.35. The number of rotatable bonds is 0. The Balaban J connectivity index is 2.43. The normalized spacial score (nSPS) is 34.4. The van der Waals surface area contributed by atoms with E-state index in [1.165, 1.54) is 0 Å². The van der Waals surface area contributed by atoms with E-state index >= 15 is 0 Å². The maximum Gasteiger partial charge on any atom is 0.169 e. The van der Waals surface area contributed by atoms with Gasteiger partial charge in [0.1, 0.15) is 20.8 Å². The Labute approximate surface area is 137 Å². The van der Waals surface area contributed by atoms with Crippen molar-refractivity contribution in [1.82, 2.24) is 0 Å². The molecule has 2 N–H and O–H groups in total. The second-order valence-corrected chi connectivity index (χ2v) is 10.3. The first-order chi connectivity index (χ1) is 10.5. The monoisotopic (exact) mass is 336 g/mol. The maximum absolute atomic E-state index is 13.5. The number of sulfone groups is 1. The summed E-state index contributed by atoms with van der Waals surface area (Å²) in [5.41, 5.74) is 6.98. The van der Waals surface area contributed by atoms with Gasteiger partial charge in [0.25, 0.3) is 0 Å². The van der Waals surface area contributed by atoms with E-state index in [1.54, 1.807) is 45.9 Å². The highest BCUT2D eigenvalue weighted by Crippen LogP contribution is 2.55. The first kappa shape index (κ1) is 16.3. The predicted octanol–water partition coefficient (Wildman–Crippen LogP) is 2.69. The van der Waals surface area contributed by atoms with E-state index < -0.39 is 24.9 Å². The Hall–Kier alpha value is -1.56. The predicted molar refractivity (Wildman–Crippen MR) is 92.8 cm³/mol. The van der Waals surface area contributed by atoms with Gasteiger partial charge in [0.2, 0.25) is 0 Å². The summed E-state index contributed by atoms with van der Waals surface area (Å²) in [7, 11) is -3.50. The fraction of sp³-hybridized carbons (Fsp3) is 0.588. The molecule has 0 aliphatic carbocycles. The largest absolute Gasteiger partial charge is 0.493 e. The highest BCUT2D eigenvalue weighted by molar-refractivity contribution is 7.95. The smallest absolute Gasteiger partial charge is 0.169 e. The molecule has 5 nitrogen and oxygen atoms in total. The molecule has 0 saturated heterocycles. The van der Waals surface area contributed by atoms with Crippen LogP contribution in [0.2, 0.25) is 0 Å². The van der Waals surface area contributed by atoms with Crippen LogP contribution in [0.5, 0.6) is 5.75 Å². The zero-order valence-corrected chi connectivity index (χ0v) is 15.1. The minimum atomic E-state index is -3.50. The van der Waals surface area contributed by atoms with Crippen LogP contribution in [-0.2, 0) is 15.4 Å². The number of hydrogen-bond donors (Lipinski definition) is 1. The zero-order chi connectivity index (χ0) is 17.3. The molecule has 126 valence electrons. The number of nitrogens with two attached hydrogens (primary N) is 1. The van der Waals surface area contributed by atoms with Gasteiger partial charge in [-0.25, -0.2) is 8.42 Å². The lowest BCUT2D eigenvalue weighted by atomic mass is 9.77. The van der Waals surface area contributed by atoms with Crippen LogP contribution in [0.15, 0.2) is 23.2 Å². The van der Waals surface area contributed by atoms with Crippen molar-refractivity contribution in [1.29, 1.82) is 0 Å². The molecule has 0 spiro atoms. The lowest BCUT2D eigenvalue weighted by molar-refractivity contribution is 0.275. The first-order valence-corrected chi connectivity index (χ1v) is 9.30. The molecule has 2 atom stereocenters. The highest BCUT2D eigenvalue weighted by atomic mass is 32.2. The fourth-order valence-electron chi connectivity index (χ4n) is 3.74. The van der Waals surface area contributed by atoms with Crippen LogP contribution in [0.3, 0.4) is 0 Å². The van der Waals surface area contributed by atoms with Crippen LogP contribution in [0, 0.1) is 0 Å². The Bertz CT molecular complexity index is 813. The van der Waals surface area contributed by atoms with E-state index in [2.05, 4.69) is 0 Å². The van der Waals surface area contributed by atoms with E-state index in [4.69, 9.17) is 15.5 Å². The molecular formula is C17H24N2O3S. The zero-order valence-electron chi connectivity index (χ0n) is 14.3.